The predicted octanol–water partition coefficient (Wildman–Crippen LogP) is 2.09. The number of aryl methyl sites for hydroxylation is 1. The van der Waals surface area contributed by atoms with E-state index >= 15 is 0 Å². The van der Waals surface area contributed by atoms with Crippen LogP contribution in [0.25, 0.3) is 0 Å². The molecule has 2 rings (SSSR count). The summed E-state index contributed by atoms with van der Waals surface area (Å²) in [5, 5.41) is 3.03. The van der Waals surface area contributed by atoms with Gasteiger partial charge in [0.2, 0.25) is 10.0 Å². The second kappa shape index (κ2) is 6.43. The maximum atomic E-state index is 12.5. The van der Waals surface area contributed by atoms with Gasteiger partial charge >= 0.3 is 0 Å². The molecule has 0 saturated carbocycles. The Labute approximate surface area is 125 Å². The van der Waals surface area contributed by atoms with Crippen LogP contribution >= 0.6 is 0 Å². The highest BCUT2D eigenvalue weighted by atomic mass is 32.2. The minimum Gasteiger partial charge on any atom is -0.468 e. The van der Waals surface area contributed by atoms with E-state index in [1.54, 1.807) is 18.2 Å². The second-order valence-electron chi connectivity index (χ2n) is 4.97. The van der Waals surface area contributed by atoms with Crippen molar-refractivity contribution in [3.8, 4) is 0 Å². The highest BCUT2D eigenvalue weighted by molar-refractivity contribution is 7.89. The molecule has 0 saturated heterocycles. The number of furan rings is 1. The zero-order valence-electron chi connectivity index (χ0n) is 12.4. The molecule has 2 N–H and O–H groups in total. The van der Waals surface area contributed by atoms with Gasteiger partial charge in [0.05, 0.1) is 17.7 Å². The zero-order chi connectivity index (χ0) is 15.5. The Morgan fingerprint density at radius 2 is 1.95 bits per heavy atom. The molecular formula is C15H20N2O3S. The van der Waals surface area contributed by atoms with Crippen LogP contribution in [-0.4, -0.2) is 15.5 Å². The number of hydrogen-bond donors (Lipinski definition) is 2. The Kier molecular flexibility index (Phi) is 4.82. The molecule has 0 amide bonds. The van der Waals surface area contributed by atoms with Crippen LogP contribution in [0, 0.1) is 13.8 Å². The summed E-state index contributed by atoms with van der Waals surface area (Å²) in [5.41, 5.74) is 2.67. The number of sulfonamides is 1. The third-order valence-electron chi connectivity index (χ3n) is 3.37. The zero-order valence-corrected chi connectivity index (χ0v) is 13.3. The molecule has 0 fully saturated rings. The topological polar surface area (TPSA) is 71.3 Å². The van der Waals surface area contributed by atoms with Crippen LogP contribution in [0.4, 0.5) is 0 Å². The monoisotopic (exact) mass is 308 g/mol. The lowest BCUT2D eigenvalue weighted by Gasteiger charge is -2.13. The van der Waals surface area contributed by atoms with Crippen molar-refractivity contribution >= 4 is 10.0 Å². The van der Waals surface area contributed by atoms with Gasteiger partial charge < -0.3 is 9.73 Å². The van der Waals surface area contributed by atoms with Gasteiger partial charge in [-0.15, -0.1) is 0 Å². The molecule has 0 unspecified atom stereocenters. The van der Waals surface area contributed by atoms with E-state index in [4.69, 9.17) is 4.42 Å². The SMILES string of the molecule is CNCc1cc(C)c(C)c(S(=O)(=O)NCc2ccco2)c1. The van der Waals surface area contributed by atoms with Crippen molar-refractivity contribution in [3.63, 3.8) is 0 Å². The molecular weight excluding hydrogens is 288 g/mol. The molecule has 21 heavy (non-hydrogen) atoms. The van der Waals surface area contributed by atoms with Crippen LogP contribution < -0.4 is 10.0 Å². The third-order valence-corrected chi connectivity index (χ3v) is 4.89. The van der Waals surface area contributed by atoms with Crippen molar-refractivity contribution in [2.24, 2.45) is 0 Å². The molecule has 6 heteroatoms. The molecule has 1 aromatic heterocycles. The molecule has 1 aromatic carbocycles. The van der Waals surface area contributed by atoms with Crippen molar-refractivity contribution in [1.82, 2.24) is 10.0 Å². The lowest BCUT2D eigenvalue weighted by Crippen LogP contribution is -2.24. The van der Waals surface area contributed by atoms with Crippen molar-refractivity contribution in [3.05, 3.63) is 53.0 Å². The summed E-state index contributed by atoms with van der Waals surface area (Å²) in [4.78, 5) is 0.319. The van der Waals surface area contributed by atoms with Gasteiger partial charge in [0.1, 0.15) is 5.76 Å². The lowest BCUT2D eigenvalue weighted by atomic mass is 10.1. The first-order valence-corrected chi connectivity index (χ1v) is 8.19. The van der Waals surface area contributed by atoms with Crippen LogP contribution in [0.3, 0.4) is 0 Å². The summed E-state index contributed by atoms with van der Waals surface area (Å²) in [7, 11) is -1.74. The van der Waals surface area contributed by atoms with Crippen molar-refractivity contribution in [2.75, 3.05) is 7.05 Å². The Balaban J connectivity index is 2.30. The van der Waals surface area contributed by atoms with E-state index in [1.165, 1.54) is 6.26 Å². The van der Waals surface area contributed by atoms with Gasteiger partial charge in [-0.3, -0.25) is 0 Å². The Morgan fingerprint density at radius 1 is 1.19 bits per heavy atom. The van der Waals surface area contributed by atoms with Gasteiger partial charge in [0, 0.05) is 6.54 Å². The van der Waals surface area contributed by atoms with Gasteiger partial charge in [-0.2, -0.15) is 0 Å². The summed E-state index contributed by atoms with van der Waals surface area (Å²) in [6.07, 6.45) is 1.52. The number of nitrogens with one attached hydrogen (secondary N) is 2. The van der Waals surface area contributed by atoms with E-state index in [1.807, 2.05) is 27.0 Å². The molecule has 5 nitrogen and oxygen atoms in total. The van der Waals surface area contributed by atoms with Crippen LogP contribution in [0.1, 0.15) is 22.5 Å². The molecule has 0 radical (unpaired) electrons. The maximum Gasteiger partial charge on any atom is 0.241 e. The van der Waals surface area contributed by atoms with Crippen LogP contribution in [0.2, 0.25) is 0 Å². The highest BCUT2D eigenvalue weighted by Gasteiger charge is 2.19. The van der Waals surface area contributed by atoms with Gasteiger partial charge in [0.15, 0.2) is 0 Å². The highest BCUT2D eigenvalue weighted by Crippen LogP contribution is 2.21. The van der Waals surface area contributed by atoms with Crippen molar-refractivity contribution in [2.45, 2.75) is 31.8 Å². The normalized spacial score (nSPS) is 11.8. The molecule has 0 aliphatic carbocycles. The maximum absolute atomic E-state index is 12.5. The van der Waals surface area contributed by atoms with Gasteiger partial charge in [-0.25, -0.2) is 13.1 Å². The standard InChI is InChI=1S/C15H20N2O3S/c1-11-7-13(9-16-3)8-15(12(11)2)21(18,19)17-10-14-5-4-6-20-14/h4-8,16-17H,9-10H2,1-3H3. The summed E-state index contributed by atoms with van der Waals surface area (Å²) in [5.74, 6) is 0.583. The third kappa shape index (κ3) is 3.72. The first-order chi connectivity index (χ1) is 9.94. The molecule has 0 spiro atoms. The van der Waals surface area contributed by atoms with Crippen molar-refractivity contribution in [1.29, 1.82) is 0 Å². The van der Waals surface area contributed by atoms with E-state index in [2.05, 4.69) is 10.0 Å². The molecule has 0 bridgehead atoms. The number of hydrogen-bond acceptors (Lipinski definition) is 4. The molecule has 2 aromatic rings. The molecule has 0 aliphatic rings. The molecule has 0 aliphatic heterocycles. The molecule has 114 valence electrons. The van der Waals surface area contributed by atoms with Crippen LogP contribution in [0.5, 0.6) is 0 Å². The fourth-order valence-corrected chi connectivity index (χ4v) is 3.50. The first kappa shape index (κ1) is 15.8. The lowest BCUT2D eigenvalue weighted by molar-refractivity contribution is 0.498. The summed E-state index contributed by atoms with van der Waals surface area (Å²) in [6.45, 7) is 4.51. The Hall–Kier alpha value is -1.63. The average molecular weight is 308 g/mol. The fraction of sp³-hybridized carbons (Fsp3) is 0.333. The average Bonchev–Trinajstić information content (AvgIpc) is 2.94. The largest absolute Gasteiger partial charge is 0.468 e. The summed E-state index contributed by atoms with van der Waals surface area (Å²) < 4.78 is 32.7. The van der Waals surface area contributed by atoms with Gasteiger partial charge in [0.25, 0.3) is 0 Å². The van der Waals surface area contributed by atoms with Gasteiger partial charge in [-0.1, -0.05) is 6.07 Å². The minimum atomic E-state index is -3.57. The van der Waals surface area contributed by atoms with Crippen LogP contribution in [-0.2, 0) is 23.1 Å². The van der Waals surface area contributed by atoms with E-state index in [0.29, 0.717) is 17.2 Å². The Bertz CT molecular complexity index is 707. The molecule has 1 heterocycles. The molecule has 0 atom stereocenters. The Morgan fingerprint density at radius 3 is 2.57 bits per heavy atom. The van der Waals surface area contributed by atoms with Crippen LogP contribution in [0.15, 0.2) is 39.8 Å². The van der Waals surface area contributed by atoms with E-state index in [0.717, 1.165) is 16.7 Å². The minimum absolute atomic E-state index is 0.143. The summed E-state index contributed by atoms with van der Waals surface area (Å²) in [6, 6.07) is 7.17. The first-order valence-electron chi connectivity index (χ1n) is 6.71. The fourth-order valence-electron chi connectivity index (χ4n) is 2.14. The van der Waals surface area contributed by atoms with Gasteiger partial charge in [-0.05, 0) is 55.8 Å². The smallest absolute Gasteiger partial charge is 0.241 e. The van der Waals surface area contributed by atoms with E-state index in [9.17, 15) is 8.42 Å². The summed E-state index contributed by atoms with van der Waals surface area (Å²) >= 11 is 0. The van der Waals surface area contributed by atoms with E-state index in [-0.39, 0.29) is 6.54 Å². The van der Waals surface area contributed by atoms with E-state index < -0.39 is 10.0 Å². The second-order valence-corrected chi connectivity index (χ2v) is 6.71. The quantitative estimate of drug-likeness (QED) is 0.857. The number of rotatable bonds is 6. The van der Waals surface area contributed by atoms with Crippen molar-refractivity contribution < 1.29 is 12.8 Å². The number of benzene rings is 1. The predicted molar refractivity (Wildman–Crippen MR) is 81.4 cm³/mol.